The van der Waals surface area contributed by atoms with E-state index in [4.69, 9.17) is 23.2 Å². The van der Waals surface area contributed by atoms with Gasteiger partial charge >= 0.3 is 0 Å². The van der Waals surface area contributed by atoms with Gasteiger partial charge in [0.1, 0.15) is 6.54 Å². The largest absolute Gasteiger partial charge is 0.271 e. The Hall–Kier alpha value is -2.87. The maximum absolute atomic E-state index is 13.4. The van der Waals surface area contributed by atoms with E-state index in [9.17, 15) is 13.2 Å². The number of carbonyl (C=O) groups is 1. The molecule has 172 valence electrons. The molecule has 33 heavy (non-hydrogen) atoms. The zero-order valence-electron chi connectivity index (χ0n) is 18.3. The Morgan fingerprint density at radius 3 is 2.30 bits per heavy atom. The Balaban J connectivity index is 1.90. The fourth-order valence-corrected chi connectivity index (χ4v) is 5.01. The van der Waals surface area contributed by atoms with Crippen molar-refractivity contribution in [3.05, 3.63) is 93.5 Å². The van der Waals surface area contributed by atoms with E-state index in [1.165, 1.54) is 12.1 Å². The molecule has 0 aliphatic heterocycles. The van der Waals surface area contributed by atoms with Crippen molar-refractivity contribution in [1.82, 2.24) is 5.43 Å². The second kappa shape index (κ2) is 10.4. The molecule has 6 nitrogen and oxygen atoms in total. The lowest BCUT2D eigenvalue weighted by Gasteiger charge is -2.25. The van der Waals surface area contributed by atoms with Crippen LogP contribution in [0.3, 0.4) is 0 Å². The van der Waals surface area contributed by atoms with Crippen molar-refractivity contribution < 1.29 is 13.2 Å². The van der Waals surface area contributed by atoms with E-state index in [-0.39, 0.29) is 4.90 Å². The van der Waals surface area contributed by atoms with Crippen LogP contribution in [0, 0.1) is 13.8 Å². The van der Waals surface area contributed by atoms with Gasteiger partial charge < -0.3 is 0 Å². The third-order valence-electron chi connectivity index (χ3n) is 4.93. The summed E-state index contributed by atoms with van der Waals surface area (Å²) in [7, 11) is -3.99. The molecule has 0 fully saturated rings. The molecule has 0 radical (unpaired) electrons. The number of carbonyl (C=O) groups excluding carboxylic acids is 1. The Bertz CT molecular complexity index is 1310. The van der Waals surface area contributed by atoms with Gasteiger partial charge in [0.25, 0.3) is 15.9 Å². The van der Waals surface area contributed by atoms with Crippen LogP contribution in [0.2, 0.25) is 10.0 Å². The van der Waals surface area contributed by atoms with Crippen LogP contribution in [-0.4, -0.2) is 26.6 Å². The second-order valence-corrected chi connectivity index (χ2v) is 10.2. The topological polar surface area (TPSA) is 78.8 Å². The summed E-state index contributed by atoms with van der Waals surface area (Å²) in [4.78, 5) is 12.9. The Labute approximate surface area is 203 Å². The minimum atomic E-state index is -3.99. The molecule has 3 rings (SSSR count). The first-order valence-electron chi connectivity index (χ1n) is 10.0. The van der Waals surface area contributed by atoms with Gasteiger partial charge in [0.2, 0.25) is 0 Å². The maximum Gasteiger partial charge on any atom is 0.264 e. The van der Waals surface area contributed by atoms with Crippen molar-refractivity contribution >= 4 is 50.5 Å². The lowest BCUT2D eigenvalue weighted by Crippen LogP contribution is -2.40. The number of rotatable bonds is 7. The van der Waals surface area contributed by atoms with E-state index >= 15 is 0 Å². The number of hydrazone groups is 1. The number of anilines is 1. The summed E-state index contributed by atoms with van der Waals surface area (Å²) in [5.41, 5.74) is 5.74. The highest BCUT2D eigenvalue weighted by atomic mass is 35.5. The van der Waals surface area contributed by atoms with Crippen molar-refractivity contribution in [3.8, 4) is 0 Å². The fraction of sp³-hybridized carbons (Fsp3) is 0.167. The van der Waals surface area contributed by atoms with E-state index < -0.39 is 22.5 Å². The third-order valence-corrected chi connectivity index (χ3v) is 7.44. The Morgan fingerprint density at radius 2 is 1.67 bits per heavy atom. The van der Waals surface area contributed by atoms with Crippen LogP contribution in [0.1, 0.15) is 23.6 Å². The van der Waals surface area contributed by atoms with Gasteiger partial charge in [-0.1, -0.05) is 65.2 Å². The highest BCUT2D eigenvalue weighted by Gasteiger charge is 2.28. The number of aryl methyl sites for hydroxylation is 2. The predicted octanol–water partition coefficient (Wildman–Crippen LogP) is 5.35. The van der Waals surface area contributed by atoms with Gasteiger partial charge in [0.05, 0.1) is 26.3 Å². The molecule has 9 heteroatoms. The van der Waals surface area contributed by atoms with Crippen molar-refractivity contribution in [3.63, 3.8) is 0 Å². The SMILES string of the molecule is CC(=NNC(=O)CN(c1ccc(C)cc1C)S(=O)(=O)c1ccccc1)c1ccc(Cl)c(Cl)c1. The molecule has 0 aliphatic rings. The van der Waals surface area contributed by atoms with Crippen LogP contribution < -0.4 is 9.73 Å². The van der Waals surface area contributed by atoms with Crippen LogP contribution in [0.25, 0.3) is 0 Å². The molecule has 0 aliphatic carbocycles. The minimum absolute atomic E-state index is 0.0910. The predicted molar refractivity (Wildman–Crippen MR) is 134 cm³/mol. The Morgan fingerprint density at radius 1 is 0.970 bits per heavy atom. The molecule has 0 atom stereocenters. The van der Waals surface area contributed by atoms with Crippen LogP contribution >= 0.6 is 23.2 Å². The number of benzene rings is 3. The van der Waals surface area contributed by atoms with E-state index in [1.807, 2.05) is 13.0 Å². The van der Waals surface area contributed by atoms with Gasteiger partial charge in [0, 0.05) is 0 Å². The molecule has 0 unspecified atom stereocenters. The van der Waals surface area contributed by atoms with Crippen molar-refractivity contribution in [1.29, 1.82) is 0 Å². The number of sulfonamides is 1. The van der Waals surface area contributed by atoms with Crippen molar-refractivity contribution in [2.45, 2.75) is 25.7 Å². The molecule has 0 aromatic heterocycles. The molecule has 3 aromatic carbocycles. The van der Waals surface area contributed by atoms with Gasteiger partial charge in [-0.3, -0.25) is 9.10 Å². The summed E-state index contributed by atoms with van der Waals surface area (Å²) in [6.07, 6.45) is 0. The van der Waals surface area contributed by atoms with E-state index in [0.29, 0.717) is 27.0 Å². The van der Waals surface area contributed by atoms with Crippen LogP contribution in [0.5, 0.6) is 0 Å². The summed E-state index contributed by atoms with van der Waals surface area (Å²) in [5.74, 6) is -0.589. The summed E-state index contributed by atoms with van der Waals surface area (Å²) in [6.45, 7) is 4.97. The molecule has 3 aromatic rings. The molecule has 0 spiro atoms. The fourth-order valence-electron chi connectivity index (χ4n) is 3.20. The third kappa shape index (κ3) is 5.93. The van der Waals surface area contributed by atoms with Gasteiger partial charge in [0.15, 0.2) is 0 Å². The molecule has 0 saturated heterocycles. The summed E-state index contributed by atoms with van der Waals surface area (Å²) < 4.78 is 27.9. The van der Waals surface area contributed by atoms with Gasteiger partial charge in [-0.25, -0.2) is 13.8 Å². The smallest absolute Gasteiger partial charge is 0.264 e. The number of hydrogen-bond acceptors (Lipinski definition) is 4. The van der Waals surface area contributed by atoms with E-state index in [1.54, 1.807) is 62.4 Å². The first kappa shape index (κ1) is 24.8. The summed E-state index contributed by atoms with van der Waals surface area (Å²) in [6, 6.07) is 18.4. The lowest BCUT2D eigenvalue weighted by atomic mass is 10.1. The Kier molecular flexibility index (Phi) is 7.79. The van der Waals surface area contributed by atoms with Crippen LogP contribution in [-0.2, 0) is 14.8 Å². The summed E-state index contributed by atoms with van der Waals surface area (Å²) in [5, 5.41) is 4.87. The lowest BCUT2D eigenvalue weighted by molar-refractivity contribution is -0.119. The number of nitrogens with one attached hydrogen (secondary N) is 1. The first-order chi connectivity index (χ1) is 15.6. The average molecular weight is 504 g/mol. The van der Waals surface area contributed by atoms with Gasteiger partial charge in [-0.05, 0) is 62.2 Å². The minimum Gasteiger partial charge on any atom is -0.271 e. The molecule has 1 N–H and O–H groups in total. The zero-order chi connectivity index (χ0) is 24.2. The monoisotopic (exact) mass is 503 g/mol. The second-order valence-electron chi connectivity index (χ2n) is 7.48. The average Bonchev–Trinajstić information content (AvgIpc) is 2.78. The highest BCUT2D eigenvalue weighted by molar-refractivity contribution is 7.92. The normalized spacial score (nSPS) is 11.8. The number of halogens is 2. The molecular weight excluding hydrogens is 481 g/mol. The van der Waals surface area contributed by atoms with Crippen molar-refractivity contribution in [2.75, 3.05) is 10.8 Å². The van der Waals surface area contributed by atoms with E-state index in [2.05, 4.69) is 10.5 Å². The molecule has 0 bridgehead atoms. The quantitative estimate of drug-likeness (QED) is 0.348. The molecule has 0 saturated carbocycles. The highest BCUT2D eigenvalue weighted by Crippen LogP contribution is 2.27. The van der Waals surface area contributed by atoms with Gasteiger partial charge in [-0.15, -0.1) is 0 Å². The van der Waals surface area contributed by atoms with Gasteiger partial charge in [-0.2, -0.15) is 5.10 Å². The van der Waals surface area contributed by atoms with E-state index in [0.717, 1.165) is 15.4 Å². The molecule has 1 amide bonds. The van der Waals surface area contributed by atoms with Crippen LogP contribution in [0.15, 0.2) is 76.7 Å². The number of amides is 1. The number of hydrogen-bond donors (Lipinski definition) is 1. The molecular formula is C24H23Cl2N3O3S. The van der Waals surface area contributed by atoms with Crippen LogP contribution in [0.4, 0.5) is 5.69 Å². The van der Waals surface area contributed by atoms with Crippen molar-refractivity contribution in [2.24, 2.45) is 5.10 Å². The zero-order valence-corrected chi connectivity index (χ0v) is 20.7. The molecule has 0 heterocycles. The first-order valence-corrected chi connectivity index (χ1v) is 12.2. The standard InChI is InChI=1S/C24H23Cl2N3O3S/c1-16-9-12-23(17(2)13-16)29(33(31,32)20-7-5-4-6-8-20)15-24(30)28-27-18(3)19-10-11-21(25)22(26)14-19/h4-14H,15H2,1-3H3,(H,28,30). The number of nitrogens with zero attached hydrogens (tertiary/aromatic N) is 2. The maximum atomic E-state index is 13.4. The summed E-state index contributed by atoms with van der Waals surface area (Å²) >= 11 is 12.0.